The summed E-state index contributed by atoms with van der Waals surface area (Å²) in [5.74, 6) is 0.279. The van der Waals surface area contributed by atoms with Crippen LogP contribution < -0.4 is 0 Å². The number of hydrogen-bond donors (Lipinski definition) is 1. The maximum absolute atomic E-state index is 9.38. The van der Waals surface area contributed by atoms with Crippen LogP contribution >= 0.6 is 11.3 Å². The molecule has 0 atom stereocenters. The van der Waals surface area contributed by atoms with Crippen LogP contribution in [0.3, 0.4) is 0 Å². The summed E-state index contributed by atoms with van der Waals surface area (Å²) < 4.78 is 1.19. The van der Waals surface area contributed by atoms with Crippen molar-refractivity contribution in [3.8, 4) is 5.75 Å². The number of benzene rings is 2. The molecule has 3 aromatic rings. The van der Waals surface area contributed by atoms with Crippen LogP contribution in [0.2, 0.25) is 0 Å². The SMILES string of the molecule is Oc1cccc(/C=C/c2nc3ccccc3s2)c1. The number of aromatic nitrogens is 1. The van der Waals surface area contributed by atoms with Crippen molar-refractivity contribution in [1.82, 2.24) is 4.98 Å². The van der Waals surface area contributed by atoms with Crippen LogP contribution in [0.25, 0.3) is 22.4 Å². The Morgan fingerprint density at radius 1 is 1.00 bits per heavy atom. The van der Waals surface area contributed by atoms with Crippen molar-refractivity contribution in [1.29, 1.82) is 0 Å². The lowest BCUT2D eigenvalue weighted by molar-refractivity contribution is 0.475. The van der Waals surface area contributed by atoms with Crippen LogP contribution in [-0.4, -0.2) is 10.1 Å². The number of phenols is 1. The first-order valence-electron chi connectivity index (χ1n) is 5.64. The Balaban J connectivity index is 1.92. The van der Waals surface area contributed by atoms with Crippen LogP contribution in [0.4, 0.5) is 0 Å². The Morgan fingerprint density at radius 3 is 2.72 bits per heavy atom. The molecule has 1 N–H and O–H groups in total. The minimum Gasteiger partial charge on any atom is -0.508 e. The maximum atomic E-state index is 9.38. The second-order valence-electron chi connectivity index (χ2n) is 3.95. The van der Waals surface area contributed by atoms with Crippen molar-refractivity contribution >= 4 is 33.7 Å². The first-order chi connectivity index (χ1) is 8.81. The molecule has 2 aromatic carbocycles. The van der Waals surface area contributed by atoms with E-state index in [2.05, 4.69) is 11.1 Å². The zero-order chi connectivity index (χ0) is 12.4. The van der Waals surface area contributed by atoms with Crippen LogP contribution in [-0.2, 0) is 0 Å². The second kappa shape index (κ2) is 4.63. The van der Waals surface area contributed by atoms with Gasteiger partial charge in [-0.05, 0) is 35.9 Å². The zero-order valence-electron chi connectivity index (χ0n) is 9.58. The Hall–Kier alpha value is -2.13. The van der Waals surface area contributed by atoms with Gasteiger partial charge in [-0.15, -0.1) is 11.3 Å². The van der Waals surface area contributed by atoms with E-state index in [1.165, 1.54) is 4.70 Å². The summed E-state index contributed by atoms with van der Waals surface area (Å²) in [7, 11) is 0. The summed E-state index contributed by atoms with van der Waals surface area (Å²) in [5, 5.41) is 10.3. The molecule has 0 aliphatic rings. The number of thiazole rings is 1. The summed E-state index contributed by atoms with van der Waals surface area (Å²) in [5.41, 5.74) is 1.99. The minimum atomic E-state index is 0.279. The largest absolute Gasteiger partial charge is 0.508 e. The van der Waals surface area contributed by atoms with E-state index in [4.69, 9.17) is 0 Å². The van der Waals surface area contributed by atoms with Crippen molar-refractivity contribution < 1.29 is 5.11 Å². The molecule has 18 heavy (non-hydrogen) atoms. The Kier molecular flexibility index (Phi) is 2.82. The first-order valence-corrected chi connectivity index (χ1v) is 6.45. The molecule has 0 fully saturated rings. The van der Waals surface area contributed by atoms with Crippen molar-refractivity contribution in [3.05, 3.63) is 59.1 Å². The Morgan fingerprint density at radius 2 is 1.89 bits per heavy atom. The van der Waals surface area contributed by atoms with Gasteiger partial charge in [0, 0.05) is 0 Å². The van der Waals surface area contributed by atoms with Gasteiger partial charge >= 0.3 is 0 Å². The molecule has 0 aliphatic carbocycles. The fourth-order valence-electron chi connectivity index (χ4n) is 1.76. The van der Waals surface area contributed by atoms with Crippen molar-refractivity contribution in [2.75, 3.05) is 0 Å². The summed E-state index contributed by atoms with van der Waals surface area (Å²) in [4.78, 5) is 4.52. The highest BCUT2D eigenvalue weighted by Crippen LogP contribution is 2.23. The van der Waals surface area contributed by atoms with Gasteiger partial charge in [-0.1, -0.05) is 30.3 Å². The van der Waals surface area contributed by atoms with E-state index in [-0.39, 0.29) is 5.75 Å². The lowest BCUT2D eigenvalue weighted by Gasteiger charge is -1.93. The van der Waals surface area contributed by atoms with E-state index >= 15 is 0 Å². The van der Waals surface area contributed by atoms with Gasteiger partial charge in [-0.25, -0.2) is 4.98 Å². The van der Waals surface area contributed by atoms with Crippen molar-refractivity contribution in [2.45, 2.75) is 0 Å². The maximum Gasteiger partial charge on any atom is 0.117 e. The minimum absolute atomic E-state index is 0.279. The molecule has 0 spiro atoms. The van der Waals surface area contributed by atoms with Gasteiger partial charge in [0.1, 0.15) is 10.8 Å². The molecule has 0 radical (unpaired) electrons. The molecule has 0 saturated heterocycles. The molecule has 2 nitrogen and oxygen atoms in total. The number of aromatic hydroxyl groups is 1. The third-order valence-electron chi connectivity index (χ3n) is 2.60. The second-order valence-corrected chi connectivity index (χ2v) is 5.01. The molecule has 0 amide bonds. The highest BCUT2D eigenvalue weighted by molar-refractivity contribution is 7.19. The quantitative estimate of drug-likeness (QED) is 0.743. The summed E-state index contributed by atoms with van der Waals surface area (Å²) >= 11 is 1.66. The van der Waals surface area contributed by atoms with E-state index < -0.39 is 0 Å². The molecule has 3 heteroatoms. The van der Waals surface area contributed by atoms with E-state index in [0.29, 0.717) is 0 Å². The molecule has 88 valence electrons. The van der Waals surface area contributed by atoms with E-state index in [1.54, 1.807) is 23.5 Å². The molecule has 1 heterocycles. The van der Waals surface area contributed by atoms with Gasteiger partial charge < -0.3 is 5.11 Å². The average molecular weight is 253 g/mol. The lowest BCUT2D eigenvalue weighted by Crippen LogP contribution is -1.71. The van der Waals surface area contributed by atoms with Gasteiger partial charge in [0.15, 0.2) is 0 Å². The molecule has 0 aliphatic heterocycles. The van der Waals surface area contributed by atoms with Gasteiger partial charge in [-0.3, -0.25) is 0 Å². The number of nitrogens with zero attached hydrogens (tertiary/aromatic N) is 1. The van der Waals surface area contributed by atoms with Gasteiger partial charge in [0.05, 0.1) is 10.2 Å². The fraction of sp³-hybridized carbons (Fsp3) is 0. The highest BCUT2D eigenvalue weighted by Gasteiger charge is 1.99. The Bertz CT molecular complexity index is 682. The molecule has 3 rings (SSSR count). The van der Waals surface area contributed by atoms with E-state index in [1.807, 2.05) is 42.5 Å². The number of rotatable bonds is 2. The van der Waals surface area contributed by atoms with E-state index in [9.17, 15) is 5.11 Å². The molecule has 0 unspecified atom stereocenters. The van der Waals surface area contributed by atoms with Crippen LogP contribution in [0, 0.1) is 0 Å². The van der Waals surface area contributed by atoms with Crippen molar-refractivity contribution in [3.63, 3.8) is 0 Å². The van der Waals surface area contributed by atoms with Crippen molar-refractivity contribution in [2.24, 2.45) is 0 Å². The molecular formula is C15H11NOS. The number of para-hydroxylation sites is 1. The normalized spacial score (nSPS) is 11.3. The van der Waals surface area contributed by atoms with Gasteiger partial charge in [-0.2, -0.15) is 0 Å². The van der Waals surface area contributed by atoms with Gasteiger partial charge in [0.2, 0.25) is 0 Å². The molecule has 1 aromatic heterocycles. The zero-order valence-corrected chi connectivity index (χ0v) is 10.4. The lowest BCUT2D eigenvalue weighted by atomic mass is 10.2. The predicted molar refractivity (Wildman–Crippen MR) is 76.7 cm³/mol. The van der Waals surface area contributed by atoms with Gasteiger partial charge in [0.25, 0.3) is 0 Å². The summed E-state index contributed by atoms with van der Waals surface area (Å²) in [6, 6.07) is 15.2. The highest BCUT2D eigenvalue weighted by atomic mass is 32.1. The fourth-order valence-corrected chi connectivity index (χ4v) is 2.63. The molecule has 0 bridgehead atoms. The first kappa shape index (κ1) is 11.0. The third-order valence-corrected chi connectivity index (χ3v) is 3.60. The topological polar surface area (TPSA) is 33.1 Å². The monoisotopic (exact) mass is 253 g/mol. The number of fused-ring (bicyclic) bond motifs is 1. The van der Waals surface area contributed by atoms with Crippen LogP contribution in [0.1, 0.15) is 10.6 Å². The third kappa shape index (κ3) is 2.26. The smallest absolute Gasteiger partial charge is 0.117 e. The predicted octanol–water partition coefficient (Wildman–Crippen LogP) is 4.17. The standard InChI is InChI=1S/C15H11NOS/c17-12-5-3-4-11(10-12)8-9-15-16-13-6-1-2-7-14(13)18-15/h1-10,17H/b9-8+. The summed E-state index contributed by atoms with van der Waals surface area (Å²) in [6.07, 6.45) is 3.93. The number of hydrogen-bond acceptors (Lipinski definition) is 3. The molecular weight excluding hydrogens is 242 g/mol. The average Bonchev–Trinajstić information content (AvgIpc) is 2.79. The molecule has 0 saturated carbocycles. The van der Waals surface area contributed by atoms with E-state index in [0.717, 1.165) is 16.1 Å². The van der Waals surface area contributed by atoms with Crippen LogP contribution in [0.5, 0.6) is 5.75 Å². The number of phenolic OH excluding ortho intramolecular Hbond substituents is 1. The Labute approximate surface area is 109 Å². The van der Waals surface area contributed by atoms with Crippen LogP contribution in [0.15, 0.2) is 48.5 Å². The summed E-state index contributed by atoms with van der Waals surface area (Å²) in [6.45, 7) is 0.